The Hall–Kier alpha value is -2.33. The van der Waals surface area contributed by atoms with Crippen LogP contribution in [0.1, 0.15) is 37.7 Å². The third-order valence-electron chi connectivity index (χ3n) is 3.83. The van der Waals surface area contributed by atoms with Gasteiger partial charge >= 0.3 is 0 Å². The Morgan fingerprint density at radius 3 is 2.80 bits per heavy atom. The lowest BCUT2D eigenvalue weighted by Crippen LogP contribution is -2.32. The zero-order valence-corrected chi connectivity index (χ0v) is 14.8. The number of nitrogens with one attached hydrogen (secondary N) is 2. The number of unbranched alkanes of at least 4 members (excludes halogenated alkanes) is 1. The smallest absolute Gasteiger partial charge is 0.230 e. The molecule has 2 amide bonds. The van der Waals surface area contributed by atoms with Crippen molar-refractivity contribution in [1.82, 2.24) is 10.6 Å². The van der Waals surface area contributed by atoms with Gasteiger partial charge in [0.05, 0.1) is 22.4 Å². The van der Waals surface area contributed by atoms with Gasteiger partial charge in [0.2, 0.25) is 11.8 Å². The van der Waals surface area contributed by atoms with Crippen LogP contribution in [0.25, 0.3) is 0 Å². The molecule has 0 fully saturated rings. The summed E-state index contributed by atoms with van der Waals surface area (Å²) in [5.74, 6) is -1.03. The lowest BCUT2D eigenvalue weighted by molar-refractivity contribution is -0.121. The molecule has 0 unspecified atom stereocenters. The molecule has 0 bridgehead atoms. The molecule has 1 aromatic carbocycles. The number of carbonyl (C=O) groups is 2. The van der Waals surface area contributed by atoms with Gasteiger partial charge in [-0.25, -0.2) is 4.39 Å². The Bertz CT molecular complexity index is 710. The maximum Gasteiger partial charge on any atom is 0.230 e. The number of nitriles is 1. The number of amides is 2. The highest BCUT2D eigenvalue weighted by Crippen LogP contribution is 2.35. The monoisotopic (exact) mass is 361 g/mol. The van der Waals surface area contributed by atoms with Crippen molar-refractivity contribution in [1.29, 1.82) is 5.26 Å². The quantitative estimate of drug-likeness (QED) is 0.732. The zero-order valence-electron chi connectivity index (χ0n) is 14.0. The van der Waals surface area contributed by atoms with Crippen molar-refractivity contribution in [2.75, 3.05) is 12.3 Å². The van der Waals surface area contributed by atoms with Crippen molar-refractivity contribution in [2.24, 2.45) is 0 Å². The molecule has 0 saturated carbocycles. The highest BCUT2D eigenvalue weighted by Gasteiger charge is 2.29. The lowest BCUT2D eigenvalue weighted by Gasteiger charge is -2.25. The molecule has 2 N–H and O–H groups in total. The van der Waals surface area contributed by atoms with E-state index in [2.05, 4.69) is 16.7 Å². The minimum atomic E-state index is -0.426. The highest BCUT2D eigenvalue weighted by molar-refractivity contribution is 8.03. The Balaban J connectivity index is 2.13. The number of rotatable bonds is 7. The molecule has 5 nitrogen and oxygen atoms in total. The average Bonchev–Trinajstić information content (AvgIpc) is 2.60. The molecule has 0 aliphatic carbocycles. The van der Waals surface area contributed by atoms with Crippen LogP contribution >= 0.6 is 11.8 Å². The van der Waals surface area contributed by atoms with Crippen LogP contribution in [0.4, 0.5) is 4.39 Å². The molecule has 0 radical (unpaired) electrons. The van der Waals surface area contributed by atoms with Gasteiger partial charge in [-0.3, -0.25) is 9.59 Å². The molecule has 2 rings (SSSR count). The minimum Gasteiger partial charge on any atom is -0.355 e. The first-order chi connectivity index (χ1) is 12.0. The van der Waals surface area contributed by atoms with Crippen LogP contribution in [-0.4, -0.2) is 24.1 Å². The van der Waals surface area contributed by atoms with E-state index in [9.17, 15) is 19.2 Å². The maximum absolute atomic E-state index is 13.1. The second kappa shape index (κ2) is 9.23. The number of halogens is 1. The molecule has 1 aliphatic rings. The number of benzene rings is 1. The van der Waals surface area contributed by atoms with Crippen LogP contribution < -0.4 is 10.6 Å². The summed E-state index contributed by atoms with van der Waals surface area (Å²) in [6.07, 6.45) is 2.03. The number of hydrogen-bond donors (Lipinski definition) is 2. The van der Waals surface area contributed by atoms with E-state index >= 15 is 0 Å². The third-order valence-corrected chi connectivity index (χ3v) is 4.85. The third kappa shape index (κ3) is 5.33. The summed E-state index contributed by atoms with van der Waals surface area (Å²) >= 11 is 1.14. The molecule has 0 spiro atoms. The van der Waals surface area contributed by atoms with Gasteiger partial charge in [0, 0.05) is 18.9 Å². The lowest BCUT2D eigenvalue weighted by atomic mass is 9.87. The Morgan fingerprint density at radius 1 is 1.44 bits per heavy atom. The molecule has 25 heavy (non-hydrogen) atoms. The average molecular weight is 361 g/mol. The summed E-state index contributed by atoms with van der Waals surface area (Å²) in [5.41, 5.74) is 1.11. The zero-order chi connectivity index (χ0) is 18.2. The SMILES string of the molecule is CCCCNC(=O)CSC1=C(C#N)[C@@H](c2ccc(F)cc2)CC(=O)N1. The van der Waals surface area contributed by atoms with Gasteiger partial charge in [-0.2, -0.15) is 5.26 Å². The molecule has 132 valence electrons. The summed E-state index contributed by atoms with van der Waals surface area (Å²) in [7, 11) is 0. The van der Waals surface area contributed by atoms with Crippen LogP contribution in [0.2, 0.25) is 0 Å². The van der Waals surface area contributed by atoms with Gasteiger partial charge in [-0.05, 0) is 24.1 Å². The first-order valence-corrected chi connectivity index (χ1v) is 9.12. The first-order valence-electron chi connectivity index (χ1n) is 8.14. The number of nitrogens with zero attached hydrogens (tertiary/aromatic N) is 1. The highest BCUT2D eigenvalue weighted by atomic mass is 32.2. The number of carbonyl (C=O) groups excluding carboxylic acids is 2. The molecule has 0 aromatic heterocycles. The summed E-state index contributed by atoms with van der Waals surface area (Å²) in [6.45, 7) is 2.66. The molecular weight excluding hydrogens is 341 g/mol. The number of thioether (sulfide) groups is 1. The van der Waals surface area contributed by atoms with Crippen LogP contribution in [0.5, 0.6) is 0 Å². The van der Waals surface area contributed by atoms with Gasteiger partial charge in [0.1, 0.15) is 5.82 Å². The van der Waals surface area contributed by atoms with Gasteiger partial charge in [0.15, 0.2) is 0 Å². The van der Waals surface area contributed by atoms with Crippen LogP contribution in [0.3, 0.4) is 0 Å². The Morgan fingerprint density at radius 2 is 2.16 bits per heavy atom. The van der Waals surface area contributed by atoms with E-state index in [0.29, 0.717) is 22.7 Å². The van der Waals surface area contributed by atoms with Gasteiger partial charge in [-0.1, -0.05) is 37.2 Å². The number of hydrogen-bond acceptors (Lipinski definition) is 4. The molecular formula is C18H20FN3O2S. The topological polar surface area (TPSA) is 82.0 Å². The molecule has 1 atom stereocenters. The molecule has 0 saturated heterocycles. The Kier molecular flexibility index (Phi) is 7.02. The van der Waals surface area contributed by atoms with E-state index < -0.39 is 5.92 Å². The van der Waals surface area contributed by atoms with Crippen LogP contribution in [-0.2, 0) is 9.59 Å². The molecule has 1 aromatic rings. The first kappa shape index (κ1) is 19.0. The van der Waals surface area contributed by atoms with Crippen LogP contribution in [0, 0.1) is 17.1 Å². The van der Waals surface area contributed by atoms with E-state index in [1.807, 2.05) is 6.92 Å². The summed E-state index contributed by atoms with van der Waals surface area (Å²) in [4.78, 5) is 23.8. The summed E-state index contributed by atoms with van der Waals surface area (Å²) in [6, 6.07) is 7.91. The fourth-order valence-corrected chi connectivity index (χ4v) is 3.41. The van der Waals surface area contributed by atoms with E-state index in [-0.39, 0.29) is 29.8 Å². The summed E-state index contributed by atoms with van der Waals surface area (Å²) < 4.78 is 13.1. The summed E-state index contributed by atoms with van der Waals surface area (Å²) in [5, 5.41) is 15.4. The van der Waals surface area contributed by atoms with Crippen molar-refractivity contribution in [3.8, 4) is 6.07 Å². The number of allylic oxidation sites excluding steroid dienone is 1. The van der Waals surface area contributed by atoms with Crippen molar-refractivity contribution in [3.63, 3.8) is 0 Å². The predicted molar refractivity (Wildman–Crippen MR) is 94.9 cm³/mol. The van der Waals surface area contributed by atoms with Crippen molar-refractivity contribution in [2.45, 2.75) is 32.1 Å². The van der Waals surface area contributed by atoms with E-state index in [4.69, 9.17) is 0 Å². The van der Waals surface area contributed by atoms with E-state index in [0.717, 1.165) is 24.6 Å². The van der Waals surface area contributed by atoms with Gasteiger partial charge < -0.3 is 10.6 Å². The van der Waals surface area contributed by atoms with Crippen molar-refractivity contribution >= 4 is 23.6 Å². The molecule has 7 heteroatoms. The Labute approximate surface area is 150 Å². The standard InChI is InChI=1S/C18H20FN3O2S/c1-2-3-8-21-17(24)11-25-18-15(10-20)14(9-16(23)22-18)12-4-6-13(19)7-5-12/h4-7,14H,2-3,8-9,11H2,1H3,(H,21,24)(H,22,23)/t14-/m1/s1. The van der Waals surface area contributed by atoms with Crippen molar-refractivity contribution in [3.05, 3.63) is 46.2 Å². The second-order valence-electron chi connectivity index (χ2n) is 5.70. The van der Waals surface area contributed by atoms with E-state index in [1.54, 1.807) is 12.1 Å². The molecule has 1 aliphatic heterocycles. The predicted octanol–water partition coefficient (Wildman–Crippen LogP) is 2.81. The fraction of sp³-hybridized carbons (Fsp3) is 0.389. The molecule has 1 heterocycles. The second-order valence-corrected chi connectivity index (χ2v) is 6.69. The minimum absolute atomic E-state index is 0.126. The van der Waals surface area contributed by atoms with Gasteiger partial charge in [0.25, 0.3) is 0 Å². The van der Waals surface area contributed by atoms with E-state index in [1.165, 1.54) is 12.1 Å². The fourth-order valence-electron chi connectivity index (χ4n) is 2.51. The normalized spacial score (nSPS) is 17.0. The van der Waals surface area contributed by atoms with Crippen molar-refractivity contribution < 1.29 is 14.0 Å². The van der Waals surface area contributed by atoms with Gasteiger partial charge in [-0.15, -0.1) is 0 Å². The van der Waals surface area contributed by atoms with Crippen LogP contribution in [0.15, 0.2) is 34.9 Å². The maximum atomic E-state index is 13.1. The largest absolute Gasteiger partial charge is 0.355 e.